The Hall–Kier alpha value is -2.19. The van der Waals surface area contributed by atoms with Crippen LogP contribution in [-0.4, -0.2) is 41.7 Å². The molecule has 0 fully saturated rings. The number of carbonyl (C=O) groups excluding carboxylic acids is 1. The molecule has 0 saturated carbocycles. The number of methoxy groups -OCH3 is 1. The van der Waals surface area contributed by atoms with E-state index in [4.69, 9.17) is 16.7 Å². The van der Waals surface area contributed by atoms with E-state index in [0.29, 0.717) is 0 Å². The van der Waals surface area contributed by atoms with Crippen molar-refractivity contribution in [2.24, 2.45) is 0 Å². The van der Waals surface area contributed by atoms with Crippen molar-refractivity contribution in [3.63, 3.8) is 0 Å². The van der Waals surface area contributed by atoms with Gasteiger partial charge in [0.25, 0.3) is 11.6 Å². The van der Waals surface area contributed by atoms with Crippen LogP contribution in [0.5, 0.6) is 0 Å². The Morgan fingerprint density at radius 1 is 1.55 bits per heavy atom. The van der Waals surface area contributed by atoms with Gasteiger partial charge in [0.2, 0.25) is 0 Å². The number of nitro groups is 1. The highest BCUT2D eigenvalue weighted by Crippen LogP contribution is 2.23. The van der Waals surface area contributed by atoms with Crippen LogP contribution in [0.2, 0.25) is 5.02 Å². The maximum absolute atomic E-state index is 11.8. The number of hydrogen-bond acceptors (Lipinski definition) is 5. The van der Waals surface area contributed by atoms with Gasteiger partial charge in [0, 0.05) is 18.2 Å². The number of nitrogens with zero attached hydrogens (tertiary/aromatic N) is 1. The maximum atomic E-state index is 11.8. The first kappa shape index (κ1) is 15.9. The SMILES string of the molecule is COC(CNC(=O)c1ccc(Cl)cc1[N+](=O)[O-])C(=O)O. The Bertz CT molecular complexity index is 548. The molecular weight excluding hydrogens is 292 g/mol. The fourth-order valence-corrected chi connectivity index (χ4v) is 1.57. The van der Waals surface area contributed by atoms with Crippen LogP contribution >= 0.6 is 11.6 Å². The van der Waals surface area contributed by atoms with Crippen LogP contribution in [-0.2, 0) is 9.53 Å². The number of nitro benzene ring substituents is 1. The lowest BCUT2D eigenvalue weighted by Gasteiger charge is -2.11. The van der Waals surface area contributed by atoms with E-state index in [1.165, 1.54) is 19.2 Å². The number of carboxylic acid groups (broad SMARTS) is 1. The summed E-state index contributed by atoms with van der Waals surface area (Å²) in [5.74, 6) is -2.03. The monoisotopic (exact) mass is 302 g/mol. The molecule has 0 heterocycles. The van der Waals surface area contributed by atoms with Gasteiger partial charge in [-0.1, -0.05) is 11.6 Å². The fraction of sp³-hybridized carbons (Fsp3) is 0.273. The molecule has 2 N–H and O–H groups in total. The number of halogens is 1. The Kier molecular flexibility index (Phi) is 5.42. The molecule has 0 aliphatic carbocycles. The van der Waals surface area contributed by atoms with Gasteiger partial charge in [0.05, 0.1) is 11.5 Å². The predicted octanol–water partition coefficient (Wildman–Crippen LogP) is 1.08. The summed E-state index contributed by atoms with van der Waals surface area (Å²) in [5.41, 5.74) is -0.668. The van der Waals surface area contributed by atoms with Crippen LogP contribution in [0.4, 0.5) is 5.69 Å². The van der Waals surface area contributed by atoms with E-state index in [2.05, 4.69) is 10.1 Å². The Balaban J connectivity index is 2.88. The van der Waals surface area contributed by atoms with Crippen LogP contribution < -0.4 is 5.32 Å². The molecule has 1 rings (SSSR count). The zero-order valence-electron chi connectivity index (χ0n) is 10.3. The Labute approximate surface area is 118 Å². The van der Waals surface area contributed by atoms with Crippen molar-refractivity contribution in [3.05, 3.63) is 38.9 Å². The zero-order chi connectivity index (χ0) is 15.3. The van der Waals surface area contributed by atoms with Gasteiger partial charge < -0.3 is 15.2 Å². The van der Waals surface area contributed by atoms with Crippen LogP contribution in [0, 0.1) is 10.1 Å². The molecule has 0 aromatic heterocycles. The normalized spacial score (nSPS) is 11.7. The van der Waals surface area contributed by atoms with Gasteiger partial charge in [-0.25, -0.2) is 4.79 Å². The van der Waals surface area contributed by atoms with Crippen molar-refractivity contribution in [2.45, 2.75) is 6.10 Å². The Morgan fingerprint density at radius 2 is 2.20 bits per heavy atom. The average molecular weight is 303 g/mol. The fourth-order valence-electron chi connectivity index (χ4n) is 1.40. The number of amides is 1. The minimum Gasteiger partial charge on any atom is -0.479 e. The molecule has 0 spiro atoms. The van der Waals surface area contributed by atoms with Crippen molar-refractivity contribution >= 4 is 29.2 Å². The minimum absolute atomic E-state index is 0.119. The first-order valence-electron chi connectivity index (χ1n) is 5.34. The second-order valence-corrected chi connectivity index (χ2v) is 4.13. The molecule has 1 aromatic carbocycles. The smallest absolute Gasteiger partial charge is 0.334 e. The number of aliphatic carboxylic acids is 1. The molecule has 1 atom stereocenters. The summed E-state index contributed by atoms with van der Waals surface area (Å²) in [6.45, 7) is -0.315. The van der Waals surface area contributed by atoms with E-state index in [9.17, 15) is 19.7 Å². The second-order valence-electron chi connectivity index (χ2n) is 3.69. The molecule has 1 amide bonds. The van der Waals surface area contributed by atoms with E-state index < -0.39 is 28.6 Å². The summed E-state index contributed by atoms with van der Waals surface area (Å²) in [7, 11) is 1.18. The number of ether oxygens (including phenoxy) is 1. The number of carbonyl (C=O) groups is 2. The lowest BCUT2D eigenvalue weighted by atomic mass is 10.1. The summed E-state index contributed by atoms with van der Waals surface area (Å²) in [5, 5.41) is 21.9. The van der Waals surface area contributed by atoms with Crippen molar-refractivity contribution < 1.29 is 24.4 Å². The number of hydrogen-bond donors (Lipinski definition) is 2. The molecule has 1 aromatic rings. The summed E-state index contributed by atoms with van der Waals surface area (Å²) in [6.07, 6.45) is -1.23. The molecule has 0 saturated heterocycles. The van der Waals surface area contributed by atoms with E-state index in [0.717, 1.165) is 6.07 Å². The van der Waals surface area contributed by atoms with Gasteiger partial charge in [-0.2, -0.15) is 0 Å². The minimum atomic E-state index is -1.25. The topological polar surface area (TPSA) is 119 Å². The van der Waals surface area contributed by atoms with Gasteiger partial charge in [0.1, 0.15) is 5.56 Å². The quantitative estimate of drug-likeness (QED) is 0.599. The van der Waals surface area contributed by atoms with Crippen LogP contribution in [0.15, 0.2) is 18.2 Å². The zero-order valence-corrected chi connectivity index (χ0v) is 11.1. The molecule has 0 aliphatic rings. The molecule has 0 radical (unpaired) electrons. The first-order valence-corrected chi connectivity index (χ1v) is 5.72. The highest BCUT2D eigenvalue weighted by Gasteiger charge is 2.23. The lowest BCUT2D eigenvalue weighted by molar-refractivity contribution is -0.385. The molecule has 9 heteroatoms. The predicted molar refractivity (Wildman–Crippen MR) is 68.9 cm³/mol. The van der Waals surface area contributed by atoms with E-state index in [1.807, 2.05) is 0 Å². The summed E-state index contributed by atoms with van der Waals surface area (Å²) in [4.78, 5) is 32.6. The summed E-state index contributed by atoms with van der Waals surface area (Å²) < 4.78 is 4.63. The van der Waals surface area contributed by atoms with Crippen LogP contribution in [0.3, 0.4) is 0 Å². The second kappa shape index (κ2) is 6.83. The third-order valence-electron chi connectivity index (χ3n) is 2.41. The van der Waals surface area contributed by atoms with Gasteiger partial charge in [-0.15, -0.1) is 0 Å². The van der Waals surface area contributed by atoms with Crippen LogP contribution in [0.25, 0.3) is 0 Å². The van der Waals surface area contributed by atoms with Crippen molar-refractivity contribution in [3.8, 4) is 0 Å². The highest BCUT2D eigenvalue weighted by atomic mass is 35.5. The van der Waals surface area contributed by atoms with Gasteiger partial charge in [0.15, 0.2) is 6.10 Å². The van der Waals surface area contributed by atoms with E-state index in [1.54, 1.807) is 0 Å². The number of rotatable bonds is 6. The van der Waals surface area contributed by atoms with E-state index in [-0.39, 0.29) is 17.1 Å². The molecule has 20 heavy (non-hydrogen) atoms. The first-order chi connectivity index (χ1) is 9.36. The van der Waals surface area contributed by atoms with Crippen molar-refractivity contribution in [1.82, 2.24) is 5.32 Å². The maximum Gasteiger partial charge on any atom is 0.334 e. The number of carboxylic acids is 1. The van der Waals surface area contributed by atoms with Crippen molar-refractivity contribution in [2.75, 3.05) is 13.7 Å². The summed E-state index contributed by atoms with van der Waals surface area (Å²) in [6, 6.07) is 3.56. The van der Waals surface area contributed by atoms with E-state index >= 15 is 0 Å². The number of benzene rings is 1. The Morgan fingerprint density at radius 3 is 2.70 bits per heavy atom. The molecule has 108 valence electrons. The molecule has 0 bridgehead atoms. The standard InChI is InChI=1S/C11H11ClN2O6/c1-20-9(11(16)17)5-13-10(15)7-3-2-6(12)4-8(7)14(18)19/h2-4,9H,5H2,1H3,(H,13,15)(H,16,17). The van der Waals surface area contributed by atoms with Gasteiger partial charge in [-0.3, -0.25) is 14.9 Å². The van der Waals surface area contributed by atoms with Crippen molar-refractivity contribution in [1.29, 1.82) is 0 Å². The largest absolute Gasteiger partial charge is 0.479 e. The average Bonchev–Trinajstić information content (AvgIpc) is 2.38. The third kappa shape index (κ3) is 3.90. The van der Waals surface area contributed by atoms with Gasteiger partial charge in [-0.05, 0) is 12.1 Å². The summed E-state index contributed by atoms with van der Waals surface area (Å²) >= 11 is 5.62. The molecule has 1 unspecified atom stereocenters. The number of nitrogens with one attached hydrogen (secondary N) is 1. The van der Waals surface area contributed by atoms with Gasteiger partial charge >= 0.3 is 5.97 Å². The molecule has 0 aliphatic heterocycles. The highest BCUT2D eigenvalue weighted by molar-refractivity contribution is 6.31. The third-order valence-corrected chi connectivity index (χ3v) is 2.64. The molecular formula is C11H11ClN2O6. The molecule has 8 nitrogen and oxygen atoms in total. The lowest BCUT2D eigenvalue weighted by Crippen LogP contribution is -2.38. The van der Waals surface area contributed by atoms with Crippen LogP contribution in [0.1, 0.15) is 10.4 Å².